The van der Waals surface area contributed by atoms with E-state index in [1.807, 2.05) is 24.3 Å². The normalized spacial score (nSPS) is 10.3. The van der Waals surface area contributed by atoms with Crippen LogP contribution >= 0.6 is 0 Å². The van der Waals surface area contributed by atoms with E-state index in [0.717, 1.165) is 11.3 Å². The number of anilines is 2. The first-order valence-electron chi connectivity index (χ1n) is 8.19. The number of tetrazole rings is 1. The van der Waals surface area contributed by atoms with Gasteiger partial charge in [0.15, 0.2) is 5.82 Å². The Hall–Kier alpha value is -3.62. The minimum atomic E-state index is -0.215. The topological polar surface area (TPSA) is 103 Å². The molecule has 0 aliphatic carbocycles. The van der Waals surface area contributed by atoms with E-state index in [1.54, 1.807) is 44.1 Å². The van der Waals surface area contributed by atoms with E-state index in [4.69, 9.17) is 9.47 Å². The number of hydrogen-bond acceptors (Lipinski definition) is 7. The van der Waals surface area contributed by atoms with Gasteiger partial charge in [0.1, 0.15) is 11.5 Å². The molecule has 2 N–H and O–H groups in total. The van der Waals surface area contributed by atoms with Gasteiger partial charge in [-0.05, 0) is 34.7 Å². The van der Waals surface area contributed by atoms with E-state index in [9.17, 15) is 4.79 Å². The number of carbonyl (C=O) groups is 1. The number of nitrogens with one attached hydrogen (secondary N) is 2. The van der Waals surface area contributed by atoms with Crippen molar-refractivity contribution in [3.8, 4) is 22.9 Å². The lowest BCUT2D eigenvalue weighted by molar-refractivity contribution is -0.114. The Morgan fingerprint density at radius 3 is 2.70 bits per heavy atom. The molecule has 1 aromatic heterocycles. The summed E-state index contributed by atoms with van der Waals surface area (Å²) >= 11 is 0. The van der Waals surface area contributed by atoms with Crippen molar-refractivity contribution >= 4 is 17.3 Å². The van der Waals surface area contributed by atoms with Gasteiger partial charge in [-0.1, -0.05) is 12.1 Å². The third kappa shape index (κ3) is 4.32. The van der Waals surface area contributed by atoms with Crippen LogP contribution in [-0.4, -0.2) is 46.9 Å². The van der Waals surface area contributed by atoms with Crippen molar-refractivity contribution in [3.63, 3.8) is 0 Å². The summed E-state index contributed by atoms with van der Waals surface area (Å²) in [5, 5.41) is 17.3. The third-order valence-corrected chi connectivity index (χ3v) is 3.87. The molecule has 0 radical (unpaired) electrons. The summed E-state index contributed by atoms with van der Waals surface area (Å²) in [6.45, 7) is 0.0842. The van der Waals surface area contributed by atoms with Crippen molar-refractivity contribution < 1.29 is 14.3 Å². The molecule has 0 unspecified atom stereocenters. The van der Waals surface area contributed by atoms with Crippen molar-refractivity contribution in [1.29, 1.82) is 0 Å². The van der Waals surface area contributed by atoms with E-state index < -0.39 is 0 Å². The minimum Gasteiger partial charge on any atom is -0.497 e. The SMILES string of the molecule is COc1ccc(OC)c(NC(=O)CNc2cccc(-c3nnnn3C)c2)c1. The van der Waals surface area contributed by atoms with Crippen LogP contribution in [0.1, 0.15) is 0 Å². The average Bonchev–Trinajstić information content (AvgIpc) is 3.12. The molecule has 27 heavy (non-hydrogen) atoms. The Morgan fingerprint density at radius 1 is 1.15 bits per heavy atom. The van der Waals surface area contributed by atoms with Crippen LogP contribution < -0.4 is 20.1 Å². The molecule has 0 fully saturated rings. The Balaban J connectivity index is 1.66. The Labute approximate surface area is 156 Å². The second-order valence-corrected chi connectivity index (χ2v) is 5.67. The molecule has 3 aromatic rings. The van der Waals surface area contributed by atoms with Gasteiger partial charge >= 0.3 is 0 Å². The van der Waals surface area contributed by atoms with E-state index in [1.165, 1.54) is 0 Å². The lowest BCUT2D eigenvalue weighted by atomic mass is 10.2. The summed E-state index contributed by atoms with van der Waals surface area (Å²) in [7, 11) is 4.88. The predicted octanol–water partition coefficient (Wildman–Crippen LogP) is 1.94. The highest BCUT2D eigenvalue weighted by molar-refractivity contribution is 5.95. The van der Waals surface area contributed by atoms with Gasteiger partial charge in [-0.25, -0.2) is 4.68 Å². The van der Waals surface area contributed by atoms with Gasteiger partial charge in [0.25, 0.3) is 0 Å². The molecular weight excluding hydrogens is 348 g/mol. The number of carbonyl (C=O) groups excluding carboxylic acids is 1. The van der Waals surface area contributed by atoms with Crippen LogP contribution in [0, 0.1) is 0 Å². The first-order valence-corrected chi connectivity index (χ1v) is 8.19. The minimum absolute atomic E-state index is 0.0842. The molecule has 3 rings (SSSR count). The fraction of sp³-hybridized carbons (Fsp3) is 0.222. The second-order valence-electron chi connectivity index (χ2n) is 5.67. The molecule has 9 nitrogen and oxygen atoms in total. The van der Waals surface area contributed by atoms with Crippen LogP contribution in [0.5, 0.6) is 11.5 Å². The van der Waals surface area contributed by atoms with Crippen LogP contribution in [0.3, 0.4) is 0 Å². The number of aryl methyl sites for hydroxylation is 1. The Kier molecular flexibility index (Phi) is 5.50. The maximum Gasteiger partial charge on any atom is 0.243 e. The van der Waals surface area contributed by atoms with Crippen molar-refractivity contribution in [1.82, 2.24) is 20.2 Å². The van der Waals surface area contributed by atoms with Crippen LogP contribution in [0.25, 0.3) is 11.4 Å². The lowest BCUT2D eigenvalue weighted by Gasteiger charge is -2.12. The monoisotopic (exact) mass is 368 g/mol. The smallest absolute Gasteiger partial charge is 0.243 e. The average molecular weight is 368 g/mol. The molecule has 0 aliphatic rings. The quantitative estimate of drug-likeness (QED) is 0.657. The molecule has 0 spiro atoms. The second kappa shape index (κ2) is 8.17. The zero-order chi connectivity index (χ0) is 19.2. The summed E-state index contributed by atoms with van der Waals surface area (Å²) in [6, 6.07) is 12.7. The van der Waals surface area contributed by atoms with Gasteiger partial charge in [0.2, 0.25) is 5.91 Å². The number of benzene rings is 2. The number of nitrogens with zero attached hydrogens (tertiary/aromatic N) is 4. The maximum atomic E-state index is 12.3. The summed E-state index contributed by atoms with van der Waals surface area (Å²) in [4.78, 5) is 12.3. The van der Waals surface area contributed by atoms with Gasteiger partial charge in [0.05, 0.1) is 26.5 Å². The van der Waals surface area contributed by atoms with E-state index in [0.29, 0.717) is 23.0 Å². The summed E-state index contributed by atoms with van der Waals surface area (Å²) in [5.41, 5.74) is 2.17. The molecule has 1 heterocycles. The first-order chi connectivity index (χ1) is 13.1. The van der Waals surface area contributed by atoms with Gasteiger partial charge < -0.3 is 20.1 Å². The molecule has 0 saturated carbocycles. The Bertz CT molecular complexity index is 940. The number of aromatic nitrogens is 4. The van der Waals surface area contributed by atoms with Gasteiger partial charge in [0, 0.05) is 24.4 Å². The molecule has 0 saturated heterocycles. The summed E-state index contributed by atoms with van der Waals surface area (Å²) in [6.07, 6.45) is 0. The molecule has 9 heteroatoms. The highest BCUT2D eigenvalue weighted by Gasteiger charge is 2.10. The first kappa shape index (κ1) is 18.2. The molecule has 1 amide bonds. The number of hydrogen-bond donors (Lipinski definition) is 2. The van der Waals surface area contributed by atoms with E-state index >= 15 is 0 Å². The van der Waals surface area contributed by atoms with Crippen molar-refractivity contribution in [2.45, 2.75) is 0 Å². The molecule has 0 bridgehead atoms. The molecular formula is C18H20N6O3. The van der Waals surface area contributed by atoms with Crippen LogP contribution in [-0.2, 0) is 11.8 Å². The summed E-state index contributed by atoms with van der Waals surface area (Å²) in [5.74, 6) is 1.61. The maximum absolute atomic E-state index is 12.3. The molecule has 0 atom stereocenters. The van der Waals surface area contributed by atoms with E-state index in [-0.39, 0.29) is 12.5 Å². The highest BCUT2D eigenvalue weighted by Crippen LogP contribution is 2.28. The van der Waals surface area contributed by atoms with E-state index in [2.05, 4.69) is 26.2 Å². The number of rotatable bonds is 7. The van der Waals surface area contributed by atoms with Gasteiger partial charge in [-0.2, -0.15) is 0 Å². The molecule has 140 valence electrons. The highest BCUT2D eigenvalue weighted by atomic mass is 16.5. The fourth-order valence-electron chi connectivity index (χ4n) is 2.53. The number of amides is 1. The number of methoxy groups -OCH3 is 2. The predicted molar refractivity (Wildman–Crippen MR) is 101 cm³/mol. The third-order valence-electron chi connectivity index (χ3n) is 3.87. The van der Waals surface area contributed by atoms with Gasteiger partial charge in [-0.3, -0.25) is 4.79 Å². The van der Waals surface area contributed by atoms with Crippen LogP contribution in [0.2, 0.25) is 0 Å². The molecule has 2 aromatic carbocycles. The zero-order valence-corrected chi connectivity index (χ0v) is 15.3. The van der Waals surface area contributed by atoms with Crippen molar-refractivity contribution in [2.24, 2.45) is 7.05 Å². The number of ether oxygens (including phenoxy) is 2. The largest absolute Gasteiger partial charge is 0.497 e. The lowest BCUT2D eigenvalue weighted by Crippen LogP contribution is -2.22. The van der Waals surface area contributed by atoms with Crippen molar-refractivity contribution in [2.75, 3.05) is 31.4 Å². The Morgan fingerprint density at radius 2 is 2.00 bits per heavy atom. The fourth-order valence-corrected chi connectivity index (χ4v) is 2.53. The zero-order valence-electron chi connectivity index (χ0n) is 15.3. The molecule has 0 aliphatic heterocycles. The van der Waals surface area contributed by atoms with Crippen molar-refractivity contribution in [3.05, 3.63) is 42.5 Å². The standard InChI is InChI=1S/C18H20N6O3/c1-24-18(21-22-23-24)12-5-4-6-13(9-12)19-11-17(25)20-15-10-14(26-2)7-8-16(15)27-3/h4-10,19H,11H2,1-3H3,(H,20,25). The van der Waals surface area contributed by atoms with Crippen LogP contribution in [0.15, 0.2) is 42.5 Å². The summed E-state index contributed by atoms with van der Waals surface area (Å²) < 4.78 is 12.0. The van der Waals surface area contributed by atoms with Crippen LogP contribution in [0.4, 0.5) is 11.4 Å². The van der Waals surface area contributed by atoms with Gasteiger partial charge in [-0.15, -0.1) is 5.10 Å².